The van der Waals surface area contributed by atoms with Crippen LogP contribution in [0.5, 0.6) is 5.75 Å². The predicted molar refractivity (Wildman–Crippen MR) is 55.3 cm³/mol. The second-order valence-electron chi connectivity index (χ2n) is 3.10. The number of hydrogen-bond acceptors (Lipinski definition) is 2. The van der Waals surface area contributed by atoms with Gasteiger partial charge in [0.1, 0.15) is 5.75 Å². The molecule has 0 radical (unpaired) electrons. The van der Waals surface area contributed by atoms with Gasteiger partial charge >= 0.3 is 0 Å². The van der Waals surface area contributed by atoms with E-state index in [9.17, 15) is 8.78 Å². The Hall–Kier alpha value is -1.16. The summed E-state index contributed by atoms with van der Waals surface area (Å²) < 4.78 is 28.9. The highest BCUT2D eigenvalue weighted by atomic mass is 19.3. The molecule has 0 atom stereocenters. The summed E-state index contributed by atoms with van der Waals surface area (Å²) in [5, 5.41) is 2.66. The lowest BCUT2D eigenvalue weighted by Crippen LogP contribution is -2.20. The summed E-state index contributed by atoms with van der Waals surface area (Å²) in [6.45, 7) is 2.73. The van der Waals surface area contributed by atoms with Crippen LogP contribution in [0.4, 0.5) is 8.78 Å². The minimum absolute atomic E-state index is 0.271. The highest BCUT2D eigenvalue weighted by Crippen LogP contribution is 2.11. The molecule has 1 N–H and O–H groups in total. The lowest BCUT2D eigenvalue weighted by atomic mass is 10.2. The number of rotatable bonds is 6. The monoisotopic (exact) mass is 215 g/mol. The van der Waals surface area contributed by atoms with E-state index in [1.807, 2.05) is 31.2 Å². The zero-order valence-electron chi connectivity index (χ0n) is 8.67. The molecule has 0 spiro atoms. The lowest BCUT2D eigenvalue weighted by Gasteiger charge is -2.06. The molecule has 0 saturated heterocycles. The van der Waals surface area contributed by atoms with Gasteiger partial charge in [-0.15, -0.1) is 0 Å². The van der Waals surface area contributed by atoms with Gasteiger partial charge in [0.05, 0.1) is 13.2 Å². The number of ether oxygens (including phenoxy) is 1. The van der Waals surface area contributed by atoms with E-state index in [2.05, 4.69) is 5.32 Å². The fraction of sp³-hybridized carbons (Fsp3) is 0.455. The van der Waals surface area contributed by atoms with Crippen molar-refractivity contribution in [2.45, 2.75) is 19.9 Å². The van der Waals surface area contributed by atoms with Crippen LogP contribution in [-0.4, -0.2) is 19.6 Å². The zero-order valence-corrected chi connectivity index (χ0v) is 8.67. The first-order chi connectivity index (χ1) is 7.22. The van der Waals surface area contributed by atoms with Crippen molar-refractivity contribution in [1.82, 2.24) is 5.32 Å². The van der Waals surface area contributed by atoms with E-state index >= 15 is 0 Å². The van der Waals surface area contributed by atoms with E-state index in [-0.39, 0.29) is 6.54 Å². The summed E-state index contributed by atoms with van der Waals surface area (Å²) in [7, 11) is 0. The smallest absolute Gasteiger partial charge is 0.250 e. The first kappa shape index (κ1) is 11.9. The van der Waals surface area contributed by atoms with Crippen LogP contribution in [0.3, 0.4) is 0 Å². The van der Waals surface area contributed by atoms with Crippen molar-refractivity contribution in [3.05, 3.63) is 29.8 Å². The molecule has 4 heteroatoms. The van der Waals surface area contributed by atoms with Gasteiger partial charge in [-0.1, -0.05) is 12.1 Å². The number of benzene rings is 1. The predicted octanol–water partition coefficient (Wildman–Crippen LogP) is 2.44. The van der Waals surface area contributed by atoms with Crippen molar-refractivity contribution in [1.29, 1.82) is 0 Å². The van der Waals surface area contributed by atoms with E-state index < -0.39 is 6.43 Å². The van der Waals surface area contributed by atoms with Crippen LogP contribution >= 0.6 is 0 Å². The lowest BCUT2D eigenvalue weighted by molar-refractivity contribution is 0.145. The van der Waals surface area contributed by atoms with Crippen molar-refractivity contribution in [2.75, 3.05) is 13.2 Å². The fourth-order valence-corrected chi connectivity index (χ4v) is 1.20. The van der Waals surface area contributed by atoms with Gasteiger partial charge in [-0.3, -0.25) is 0 Å². The number of nitrogens with one attached hydrogen (secondary N) is 1. The van der Waals surface area contributed by atoms with Crippen LogP contribution in [0, 0.1) is 0 Å². The summed E-state index contributed by atoms with van der Waals surface area (Å²) >= 11 is 0. The van der Waals surface area contributed by atoms with Crippen LogP contribution in [0.25, 0.3) is 0 Å². The molecule has 1 rings (SSSR count). The highest BCUT2D eigenvalue weighted by molar-refractivity contribution is 5.27. The SMILES string of the molecule is CCOc1ccc(CNCC(F)F)cc1. The van der Waals surface area contributed by atoms with Gasteiger partial charge in [0.15, 0.2) is 0 Å². The van der Waals surface area contributed by atoms with Crippen LogP contribution in [0.1, 0.15) is 12.5 Å². The maximum atomic E-state index is 11.8. The minimum Gasteiger partial charge on any atom is -0.494 e. The van der Waals surface area contributed by atoms with Crippen molar-refractivity contribution >= 4 is 0 Å². The van der Waals surface area contributed by atoms with E-state index in [0.29, 0.717) is 13.2 Å². The summed E-state index contributed by atoms with van der Waals surface area (Å²) in [6, 6.07) is 7.40. The average Bonchev–Trinajstić information content (AvgIpc) is 2.20. The van der Waals surface area contributed by atoms with Gasteiger partial charge in [-0.2, -0.15) is 0 Å². The van der Waals surface area contributed by atoms with Crippen LogP contribution in [0.2, 0.25) is 0 Å². The number of halogens is 2. The van der Waals surface area contributed by atoms with E-state index in [1.54, 1.807) is 0 Å². The molecule has 15 heavy (non-hydrogen) atoms. The normalized spacial score (nSPS) is 10.7. The van der Waals surface area contributed by atoms with E-state index in [1.165, 1.54) is 0 Å². The molecule has 2 nitrogen and oxygen atoms in total. The average molecular weight is 215 g/mol. The Morgan fingerprint density at radius 2 is 1.93 bits per heavy atom. The third-order valence-corrected chi connectivity index (χ3v) is 1.86. The second kappa shape index (κ2) is 6.35. The number of alkyl halides is 2. The Balaban J connectivity index is 2.36. The fourth-order valence-electron chi connectivity index (χ4n) is 1.20. The third-order valence-electron chi connectivity index (χ3n) is 1.86. The molecular formula is C11H15F2NO. The molecule has 0 heterocycles. The molecule has 1 aromatic carbocycles. The van der Waals surface area contributed by atoms with Crippen LogP contribution in [0.15, 0.2) is 24.3 Å². The number of hydrogen-bond donors (Lipinski definition) is 1. The second-order valence-corrected chi connectivity index (χ2v) is 3.10. The standard InChI is InChI=1S/C11H15F2NO/c1-2-15-10-5-3-9(4-6-10)7-14-8-11(12)13/h3-6,11,14H,2,7-8H2,1H3. The molecule has 0 aromatic heterocycles. The summed E-state index contributed by atoms with van der Waals surface area (Å²) in [6.07, 6.45) is -2.30. The van der Waals surface area contributed by atoms with Crippen molar-refractivity contribution in [3.63, 3.8) is 0 Å². The Morgan fingerprint density at radius 3 is 2.47 bits per heavy atom. The quantitative estimate of drug-likeness (QED) is 0.787. The van der Waals surface area contributed by atoms with Crippen molar-refractivity contribution < 1.29 is 13.5 Å². The Labute approximate surface area is 88.3 Å². The van der Waals surface area contributed by atoms with Crippen LogP contribution in [-0.2, 0) is 6.54 Å². The minimum atomic E-state index is -2.30. The summed E-state index contributed by atoms with van der Waals surface area (Å²) in [5.41, 5.74) is 0.971. The molecule has 0 aliphatic rings. The molecule has 0 aliphatic heterocycles. The van der Waals surface area contributed by atoms with Gasteiger partial charge < -0.3 is 10.1 Å². The third kappa shape index (κ3) is 4.74. The Bertz CT molecular complexity index is 274. The van der Waals surface area contributed by atoms with E-state index in [4.69, 9.17) is 4.74 Å². The zero-order chi connectivity index (χ0) is 11.1. The first-order valence-electron chi connectivity index (χ1n) is 4.93. The van der Waals surface area contributed by atoms with E-state index in [0.717, 1.165) is 11.3 Å². The molecule has 1 aromatic rings. The van der Waals surface area contributed by atoms with Crippen LogP contribution < -0.4 is 10.1 Å². The van der Waals surface area contributed by atoms with Crippen molar-refractivity contribution in [3.8, 4) is 5.75 Å². The molecular weight excluding hydrogens is 200 g/mol. The van der Waals surface area contributed by atoms with Gasteiger partial charge in [0.25, 0.3) is 6.43 Å². The summed E-state index contributed by atoms with van der Waals surface area (Å²) in [5.74, 6) is 0.801. The van der Waals surface area contributed by atoms with Gasteiger partial charge in [0.2, 0.25) is 0 Å². The highest BCUT2D eigenvalue weighted by Gasteiger charge is 2.00. The first-order valence-corrected chi connectivity index (χ1v) is 4.93. The molecule has 0 saturated carbocycles. The van der Waals surface area contributed by atoms with Gasteiger partial charge in [-0.05, 0) is 24.6 Å². The maximum absolute atomic E-state index is 11.8. The molecule has 0 aliphatic carbocycles. The largest absolute Gasteiger partial charge is 0.494 e. The van der Waals surface area contributed by atoms with Gasteiger partial charge in [-0.25, -0.2) is 8.78 Å². The summed E-state index contributed by atoms with van der Waals surface area (Å²) in [4.78, 5) is 0. The molecule has 84 valence electrons. The molecule has 0 bridgehead atoms. The molecule has 0 fully saturated rings. The van der Waals surface area contributed by atoms with Crippen molar-refractivity contribution in [2.24, 2.45) is 0 Å². The van der Waals surface area contributed by atoms with Gasteiger partial charge in [0, 0.05) is 6.54 Å². The Kier molecular flexibility index (Phi) is 5.04. The topological polar surface area (TPSA) is 21.3 Å². The Morgan fingerprint density at radius 1 is 1.27 bits per heavy atom. The maximum Gasteiger partial charge on any atom is 0.250 e. The molecule has 0 amide bonds. The molecule has 0 unspecified atom stereocenters.